The lowest BCUT2D eigenvalue weighted by Gasteiger charge is -1.87. The zero-order valence-corrected chi connectivity index (χ0v) is 5.07. The van der Waals surface area contributed by atoms with Gasteiger partial charge in [0.2, 0.25) is 0 Å². The number of nitrogens with two attached hydrogens (primary N) is 1. The first-order valence-electron chi connectivity index (χ1n) is 2.62. The van der Waals surface area contributed by atoms with Gasteiger partial charge in [0.25, 0.3) is 0 Å². The van der Waals surface area contributed by atoms with Gasteiger partial charge in [-0.3, -0.25) is 15.2 Å². The van der Waals surface area contributed by atoms with E-state index in [4.69, 9.17) is 5.73 Å². The number of hydrogen-bond donors (Lipinski definition) is 2. The summed E-state index contributed by atoms with van der Waals surface area (Å²) in [6.45, 7) is 0.107. The zero-order valence-electron chi connectivity index (χ0n) is 5.07. The highest BCUT2D eigenvalue weighted by Crippen LogP contribution is 2.12. The Labute approximate surface area is 56.2 Å². The van der Waals surface area contributed by atoms with E-state index in [9.17, 15) is 10.1 Å². The molecule has 0 amide bonds. The van der Waals surface area contributed by atoms with Crippen molar-refractivity contribution < 1.29 is 4.92 Å². The number of nitro groups is 1. The van der Waals surface area contributed by atoms with Gasteiger partial charge >= 0.3 is 5.69 Å². The number of hydrogen-bond acceptors (Lipinski definition) is 4. The van der Waals surface area contributed by atoms with Crippen molar-refractivity contribution in [3.05, 3.63) is 22.0 Å². The van der Waals surface area contributed by atoms with Crippen LogP contribution in [-0.4, -0.2) is 15.1 Å². The van der Waals surface area contributed by atoms with Crippen LogP contribution in [0.25, 0.3) is 0 Å². The standard InChI is InChI=1S/C4H6N4O2/c5-1-3-4(8(9)10)2-6-7-3/h2H,1,5H2,(H,6,7). The molecule has 0 aliphatic rings. The molecule has 0 aliphatic carbocycles. The second-order valence-electron chi connectivity index (χ2n) is 1.70. The predicted molar refractivity (Wildman–Crippen MR) is 33.1 cm³/mol. The second-order valence-corrected chi connectivity index (χ2v) is 1.70. The topological polar surface area (TPSA) is 97.8 Å². The van der Waals surface area contributed by atoms with Crippen molar-refractivity contribution in [2.24, 2.45) is 5.73 Å². The Balaban J connectivity index is 3.01. The summed E-state index contributed by atoms with van der Waals surface area (Å²) in [5.41, 5.74) is 5.46. The molecule has 0 fully saturated rings. The number of aromatic amines is 1. The van der Waals surface area contributed by atoms with E-state index in [0.29, 0.717) is 5.69 Å². The molecule has 1 aromatic heterocycles. The van der Waals surface area contributed by atoms with Crippen LogP contribution in [0.1, 0.15) is 5.69 Å². The van der Waals surface area contributed by atoms with Crippen LogP contribution >= 0.6 is 0 Å². The number of H-pyrrole nitrogens is 1. The summed E-state index contributed by atoms with van der Waals surface area (Å²) < 4.78 is 0. The molecule has 0 radical (unpaired) electrons. The fraction of sp³-hybridized carbons (Fsp3) is 0.250. The first-order valence-corrected chi connectivity index (χ1v) is 2.62. The van der Waals surface area contributed by atoms with Crippen molar-refractivity contribution in [1.82, 2.24) is 10.2 Å². The van der Waals surface area contributed by atoms with Crippen LogP contribution in [0.3, 0.4) is 0 Å². The molecule has 1 heterocycles. The monoisotopic (exact) mass is 142 g/mol. The number of aromatic nitrogens is 2. The van der Waals surface area contributed by atoms with Gasteiger partial charge in [0.15, 0.2) is 0 Å². The average Bonchev–Trinajstić information content (AvgIpc) is 2.33. The highest BCUT2D eigenvalue weighted by atomic mass is 16.6. The van der Waals surface area contributed by atoms with Crippen molar-refractivity contribution in [1.29, 1.82) is 0 Å². The van der Waals surface area contributed by atoms with Crippen LogP contribution in [0, 0.1) is 10.1 Å². The highest BCUT2D eigenvalue weighted by molar-refractivity contribution is 5.31. The Bertz CT molecular complexity index is 243. The Kier molecular flexibility index (Phi) is 1.63. The second kappa shape index (κ2) is 2.44. The fourth-order valence-corrected chi connectivity index (χ4v) is 0.614. The summed E-state index contributed by atoms with van der Waals surface area (Å²) in [6.07, 6.45) is 1.14. The van der Waals surface area contributed by atoms with Crippen molar-refractivity contribution in [3.8, 4) is 0 Å². The SMILES string of the molecule is NCc1[nH]ncc1[N+](=O)[O-]. The maximum Gasteiger partial charge on any atom is 0.311 e. The average molecular weight is 142 g/mol. The van der Waals surface area contributed by atoms with Crippen molar-refractivity contribution >= 4 is 5.69 Å². The minimum absolute atomic E-state index is 0.0532. The molecule has 1 aromatic rings. The van der Waals surface area contributed by atoms with E-state index in [1.807, 2.05) is 0 Å². The van der Waals surface area contributed by atoms with E-state index in [1.54, 1.807) is 0 Å². The van der Waals surface area contributed by atoms with Gasteiger partial charge in [-0.1, -0.05) is 0 Å². The van der Waals surface area contributed by atoms with Crippen LogP contribution in [0.5, 0.6) is 0 Å². The number of rotatable bonds is 2. The van der Waals surface area contributed by atoms with Gasteiger partial charge in [0.05, 0.1) is 4.92 Å². The summed E-state index contributed by atoms with van der Waals surface area (Å²) in [7, 11) is 0. The van der Waals surface area contributed by atoms with Crippen LogP contribution in [0.4, 0.5) is 5.69 Å². The molecule has 0 saturated carbocycles. The molecule has 3 N–H and O–H groups in total. The number of nitrogens with one attached hydrogen (secondary N) is 1. The molecular weight excluding hydrogens is 136 g/mol. The molecule has 0 atom stereocenters. The summed E-state index contributed by atoms with van der Waals surface area (Å²) in [5, 5.41) is 16.0. The van der Waals surface area contributed by atoms with Crippen molar-refractivity contribution in [3.63, 3.8) is 0 Å². The molecule has 6 heteroatoms. The minimum Gasteiger partial charge on any atom is -0.325 e. The fourth-order valence-electron chi connectivity index (χ4n) is 0.614. The molecular formula is C4H6N4O2. The lowest BCUT2D eigenvalue weighted by atomic mass is 10.4. The van der Waals surface area contributed by atoms with Gasteiger partial charge < -0.3 is 5.73 Å². The smallest absolute Gasteiger partial charge is 0.311 e. The van der Waals surface area contributed by atoms with E-state index in [0.717, 1.165) is 6.20 Å². The largest absolute Gasteiger partial charge is 0.325 e. The summed E-state index contributed by atoms with van der Waals surface area (Å²) in [6, 6.07) is 0. The summed E-state index contributed by atoms with van der Waals surface area (Å²) in [5.74, 6) is 0. The number of nitrogens with zero attached hydrogens (tertiary/aromatic N) is 2. The highest BCUT2D eigenvalue weighted by Gasteiger charge is 2.13. The predicted octanol–water partition coefficient (Wildman–Crippen LogP) is -0.223. The van der Waals surface area contributed by atoms with E-state index in [1.165, 1.54) is 0 Å². The van der Waals surface area contributed by atoms with E-state index < -0.39 is 4.92 Å². The van der Waals surface area contributed by atoms with Gasteiger partial charge in [-0.05, 0) is 0 Å². The maximum atomic E-state index is 10.1. The first-order chi connectivity index (χ1) is 4.75. The third kappa shape index (κ3) is 0.960. The molecule has 0 unspecified atom stereocenters. The van der Waals surface area contributed by atoms with Crippen LogP contribution in [0.15, 0.2) is 6.20 Å². The normalized spacial score (nSPS) is 9.70. The lowest BCUT2D eigenvalue weighted by molar-refractivity contribution is -0.385. The van der Waals surface area contributed by atoms with Crippen molar-refractivity contribution in [2.75, 3.05) is 0 Å². The Morgan fingerprint density at radius 3 is 3.00 bits per heavy atom. The van der Waals surface area contributed by atoms with Gasteiger partial charge in [0.1, 0.15) is 11.9 Å². The van der Waals surface area contributed by atoms with E-state index in [-0.39, 0.29) is 12.2 Å². The van der Waals surface area contributed by atoms with Gasteiger partial charge in [-0.15, -0.1) is 0 Å². The van der Waals surface area contributed by atoms with Crippen LogP contribution < -0.4 is 5.73 Å². The summed E-state index contributed by atoms with van der Waals surface area (Å²) in [4.78, 5) is 9.61. The Morgan fingerprint density at radius 1 is 1.90 bits per heavy atom. The van der Waals surface area contributed by atoms with Crippen LogP contribution in [-0.2, 0) is 6.54 Å². The van der Waals surface area contributed by atoms with Crippen LogP contribution in [0.2, 0.25) is 0 Å². The Morgan fingerprint density at radius 2 is 2.60 bits per heavy atom. The molecule has 0 aliphatic heterocycles. The van der Waals surface area contributed by atoms with Crippen molar-refractivity contribution in [2.45, 2.75) is 6.54 Å². The quantitative estimate of drug-likeness (QED) is 0.440. The molecule has 1 rings (SSSR count). The lowest BCUT2D eigenvalue weighted by Crippen LogP contribution is -2.00. The van der Waals surface area contributed by atoms with Gasteiger partial charge in [-0.25, -0.2) is 0 Å². The van der Waals surface area contributed by atoms with Gasteiger partial charge in [-0.2, -0.15) is 5.10 Å². The van der Waals surface area contributed by atoms with Gasteiger partial charge in [0, 0.05) is 6.54 Å². The molecule has 0 spiro atoms. The minimum atomic E-state index is -0.522. The molecule has 0 aromatic carbocycles. The third-order valence-electron chi connectivity index (χ3n) is 1.10. The Hall–Kier alpha value is -1.43. The zero-order chi connectivity index (χ0) is 7.56. The molecule has 10 heavy (non-hydrogen) atoms. The molecule has 0 saturated heterocycles. The molecule has 54 valence electrons. The van der Waals surface area contributed by atoms with E-state index >= 15 is 0 Å². The maximum absolute atomic E-state index is 10.1. The molecule has 6 nitrogen and oxygen atoms in total. The molecule has 0 bridgehead atoms. The summed E-state index contributed by atoms with van der Waals surface area (Å²) >= 11 is 0. The van der Waals surface area contributed by atoms with E-state index in [2.05, 4.69) is 10.2 Å². The third-order valence-corrected chi connectivity index (χ3v) is 1.10. The first kappa shape index (κ1) is 6.69.